The van der Waals surface area contributed by atoms with Crippen LogP contribution in [0.1, 0.15) is 6.92 Å². The molecule has 0 radical (unpaired) electrons. The van der Waals surface area contributed by atoms with E-state index in [0.717, 1.165) is 5.69 Å². The molecule has 2 aromatic rings. The number of para-hydroxylation sites is 2. The molecule has 0 aliphatic rings. The fourth-order valence-electron chi connectivity index (χ4n) is 1.94. The van der Waals surface area contributed by atoms with Gasteiger partial charge in [-0.15, -0.1) is 0 Å². The third-order valence-corrected chi connectivity index (χ3v) is 3.37. The minimum absolute atomic E-state index is 0.0701. The third-order valence-electron chi connectivity index (χ3n) is 3.37. The van der Waals surface area contributed by atoms with Crippen LogP contribution in [0, 0.1) is 0 Å². The molecule has 132 valence electrons. The molecule has 0 saturated heterocycles. The Hall–Kier alpha value is -2.74. The van der Waals surface area contributed by atoms with Gasteiger partial charge in [-0.05, 0) is 31.2 Å². The fraction of sp³-hybridized carbons (Fsp3) is 0.222. The van der Waals surface area contributed by atoms with Crippen molar-refractivity contribution in [3.63, 3.8) is 0 Å². The zero-order valence-corrected chi connectivity index (χ0v) is 13.8. The van der Waals surface area contributed by atoms with Gasteiger partial charge in [0.25, 0.3) is 0 Å². The van der Waals surface area contributed by atoms with E-state index >= 15 is 0 Å². The van der Waals surface area contributed by atoms with Gasteiger partial charge in [0.15, 0.2) is 0 Å². The maximum Gasteiger partial charge on any atom is 0.128 e. The topological polar surface area (TPSA) is 109 Å². The summed E-state index contributed by atoms with van der Waals surface area (Å²) in [6, 6.07) is 18.4. The molecule has 0 saturated carbocycles. The van der Waals surface area contributed by atoms with Gasteiger partial charge in [-0.25, -0.2) is 0 Å². The monoisotopic (exact) mass is 342 g/mol. The predicted molar refractivity (Wildman–Crippen MR) is 99.8 cm³/mol. The van der Waals surface area contributed by atoms with Gasteiger partial charge in [0.05, 0.1) is 23.7 Å². The quantitative estimate of drug-likeness (QED) is 0.370. The average Bonchev–Trinajstić information content (AvgIpc) is 2.65. The van der Waals surface area contributed by atoms with Gasteiger partial charge in [0.2, 0.25) is 0 Å². The molecule has 2 rings (SSSR count). The van der Waals surface area contributed by atoms with Crippen molar-refractivity contribution in [1.82, 2.24) is 0 Å². The summed E-state index contributed by atoms with van der Waals surface area (Å²) < 4.78 is 0. The van der Waals surface area contributed by atoms with E-state index in [1.165, 1.54) is 13.1 Å². The zero-order valence-electron chi connectivity index (χ0n) is 13.8. The smallest absolute Gasteiger partial charge is 0.128 e. The number of nitrogens with zero attached hydrogens (tertiary/aromatic N) is 2. The number of hydrazone groups is 2. The molecule has 3 atom stereocenters. The van der Waals surface area contributed by atoms with Crippen LogP contribution >= 0.6 is 0 Å². The highest BCUT2D eigenvalue weighted by atomic mass is 16.4. The number of aliphatic hydroxyl groups is 3. The van der Waals surface area contributed by atoms with E-state index in [4.69, 9.17) is 0 Å². The van der Waals surface area contributed by atoms with Crippen LogP contribution in [0.2, 0.25) is 0 Å². The molecule has 2 aromatic carbocycles. The molecule has 0 unspecified atom stereocenters. The predicted octanol–water partition coefficient (Wildman–Crippen LogP) is 1.65. The van der Waals surface area contributed by atoms with Gasteiger partial charge in [0, 0.05) is 0 Å². The second kappa shape index (κ2) is 9.53. The maximum absolute atomic E-state index is 10.2. The minimum Gasteiger partial charge on any atom is -0.391 e. The molecule has 7 nitrogen and oxygen atoms in total. The van der Waals surface area contributed by atoms with Crippen LogP contribution in [0.25, 0.3) is 0 Å². The van der Waals surface area contributed by atoms with Crippen molar-refractivity contribution >= 4 is 23.3 Å². The molecule has 7 heteroatoms. The van der Waals surface area contributed by atoms with Crippen LogP contribution in [0.3, 0.4) is 0 Å². The molecule has 0 aliphatic carbocycles. The summed E-state index contributed by atoms with van der Waals surface area (Å²) in [7, 11) is 0. The second-order valence-electron chi connectivity index (χ2n) is 5.43. The number of aliphatic hydroxyl groups excluding tert-OH is 3. The van der Waals surface area contributed by atoms with Gasteiger partial charge in [-0.2, -0.15) is 10.2 Å². The molecule has 25 heavy (non-hydrogen) atoms. The van der Waals surface area contributed by atoms with Crippen molar-refractivity contribution in [2.24, 2.45) is 10.2 Å². The zero-order chi connectivity index (χ0) is 18.1. The first-order valence-corrected chi connectivity index (χ1v) is 7.85. The summed E-state index contributed by atoms with van der Waals surface area (Å²) in [6.07, 6.45) is -2.62. The molecule has 0 aromatic heterocycles. The normalized spacial score (nSPS) is 15.6. The van der Waals surface area contributed by atoms with Gasteiger partial charge in [0.1, 0.15) is 17.9 Å². The van der Waals surface area contributed by atoms with E-state index in [9.17, 15) is 15.3 Å². The Morgan fingerprint density at radius 3 is 1.92 bits per heavy atom. The Kier molecular flexibility index (Phi) is 7.09. The summed E-state index contributed by atoms with van der Waals surface area (Å²) in [5, 5.41) is 37.7. The Labute approximate surface area is 146 Å². The highest BCUT2D eigenvalue weighted by molar-refractivity contribution is 6.33. The molecular formula is C18H22N4O3. The van der Waals surface area contributed by atoms with E-state index in [-0.39, 0.29) is 5.71 Å². The van der Waals surface area contributed by atoms with Crippen molar-refractivity contribution in [2.75, 3.05) is 10.9 Å². The lowest BCUT2D eigenvalue weighted by molar-refractivity contribution is -0.0249. The number of rotatable bonds is 8. The highest BCUT2D eigenvalue weighted by Crippen LogP contribution is 2.08. The maximum atomic E-state index is 10.2. The van der Waals surface area contributed by atoms with Crippen molar-refractivity contribution in [3.05, 3.63) is 60.7 Å². The molecule has 5 N–H and O–H groups in total. The molecule has 0 heterocycles. The SMILES string of the molecule is C[C@H](O)[C@@H](O)[C@H](O)C(C=NNc1ccccc1)=NNc1ccccc1. The number of hydrogen-bond acceptors (Lipinski definition) is 7. The van der Waals surface area contributed by atoms with Crippen LogP contribution in [0.15, 0.2) is 70.9 Å². The summed E-state index contributed by atoms with van der Waals surface area (Å²) in [5.41, 5.74) is 7.13. The van der Waals surface area contributed by atoms with Crippen LogP contribution in [-0.2, 0) is 0 Å². The number of benzene rings is 2. The Balaban J connectivity index is 2.13. The molecule has 0 aliphatic heterocycles. The van der Waals surface area contributed by atoms with Crippen molar-refractivity contribution in [3.8, 4) is 0 Å². The molecular weight excluding hydrogens is 320 g/mol. The third kappa shape index (κ3) is 6.00. The number of nitrogens with one attached hydrogen (secondary N) is 2. The Morgan fingerprint density at radius 1 is 0.880 bits per heavy atom. The lowest BCUT2D eigenvalue weighted by Gasteiger charge is -2.20. The lowest BCUT2D eigenvalue weighted by atomic mass is 10.1. The average molecular weight is 342 g/mol. The van der Waals surface area contributed by atoms with E-state index in [2.05, 4.69) is 21.1 Å². The number of hydrogen-bond donors (Lipinski definition) is 5. The van der Waals surface area contributed by atoms with Gasteiger partial charge in [-0.1, -0.05) is 36.4 Å². The van der Waals surface area contributed by atoms with Crippen molar-refractivity contribution in [2.45, 2.75) is 25.2 Å². The number of anilines is 2. The van der Waals surface area contributed by atoms with Gasteiger partial charge >= 0.3 is 0 Å². The summed E-state index contributed by atoms with van der Waals surface area (Å²) in [6.45, 7) is 1.38. The minimum atomic E-state index is -1.41. The largest absolute Gasteiger partial charge is 0.391 e. The van der Waals surface area contributed by atoms with E-state index in [0.29, 0.717) is 5.69 Å². The van der Waals surface area contributed by atoms with Crippen LogP contribution in [-0.4, -0.2) is 45.6 Å². The van der Waals surface area contributed by atoms with E-state index in [1.807, 2.05) is 48.5 Å². The van der Waals surface area contributed by atoms with Gasteiger partial charge in [-0.3, -0.25) is 10.9 Å². The Morgan fingerprint density at radius 2 is 1.40 bits per heavy atom. The van der Waals surface area contributed by atoms with Crippen LogP contribution < -0.4 is 10.9 Å². The Bertz CT molecular complexity index is 690. The van der Waals surface area contributed by atoms with Crippen LogP contribution in [0.5, 0.6) is 0 Å². The fourth-order valence-corrected chi connectivity index (χ4v) is 1.94. The standard InChI is InChI=1S/C18H22N4O3/c1-13(23)17(24)18(25)16(22-21-15-10-6-3-7-11-15)12-19-20-14-8-4-2-5-9-14/h2-13,17-18,20-21,23-25H,1H3/t13-,17+,18+/m0/s1. The van der Waals surface area contributed by atoms with Crippen LogP contribution in [0.4, 0.5) is 11.4 Å². The second-order valence-corrected chi connectivity index (χ2v) is 5.43. The van der Waals surface area contributed by atoms with E-state index < -0.39 is 18.3 Å². The first-order chi connectivity index (χ1) is 12.1. The lowest BCUT2D eigenvalue weighted by Crippen LogP contribution is -2.42. The van der Waals surface area contributed by atoms with E-state index in [1.54, 1.807) is 12.1 Å². The summed E-state index contributed by atoms with van der Waals surface area (Å²) >= 11 is 0. The van der Waals surface area contributed by atoms with Crippen molar-refractivity contribution < 1.29 is 15.3 Å². The first-order valence-electron chi connectivity index (χ1n) is 7.85. The van der Waals surface area contributed by atoms with Crippen molar-refractivity contribution in [1.29, 1.82) is 0 Å². The molecule has 0 amide bonds. The summed E-state index contributed by atoms with van der Waals surface area (Å²) in [4.78, 5) is 0. The summed E-state index contributed by atoms with van der Waals surface area (Å²) in [5.74, 6) is 0. The first kappa shape index (κ1) is 18.6. The molecule has 0 spiro atoms. The highest BCUT2D eigenvalue weighted by Gasteiger charge is 2.25. The molecule has 0 bridgehead atoms. The molecule has 0 fully saturated rings. The van der Waals surface area contributed by atoms with Gasteiger partial charge < -0.3 is 15.3 Å².